The molecule has 0 aliphatic rings. The van der Waals surface area contributed by atoms with E-state index in [2.05, 4.69) is 44.7 Å². The maximum atomic E-state index is 12.3. The number of sulfonamides is 1. The highest BCUT2D eigenvalue weighted by Gasteiger charge is 2.18. The van der Waals surface area contributed by atoms with Gasteiger partial charge in [0.05, 0.1) is 4.90 Å². The number of rotatable bonds is 7. The summed E-state index contributed by atoms with van der Waals surface area (Å²) in [6.45, 7) is 11.5. The van der Waals surface area contributed by atoms with Gasteiger partial charge < -0.3 is 9.88 Å². The molecule has 0 unspecified atom stereocenters. The molecule has 0 aromatic carbocycles. The van der Waals surface area contributed by atoms with E-state index in [-0.39, 0.29) is 5.41 Å². The van der Waals surface area contributed by atoms with Crippen LogP contribution in [0.4, 0.5) is 0 Å². The largest absolute Gasteiger partial charge is 0.352 e. The summed E-state index contributed by atoms with van der Waals surface area (Å²) in [5.41, 5.74) is 1.07. The fraction of sp³-hybridized carbons (Fsp3) is 0.733. The first-order valence-corrected chi connectivity index (χ1v) is 8.88. The van der Waals surface area contributed by atoms with Crippen molar-refractivity contribution in [1.82, 2.24) is 14.6 Å². The highest BCUT2D eigenvalue weighted by Crippen LogP contribution is 2.18. The van der Waals surface area contributed by atoms with Crippen LogP contribution in [0.5, 0.6) is 0 Å². The Labute approximate surface area is 129 Å². The van der Waals surface area contributed by atoms with Crippen molar-refractivity contribution >= 4 is 10.0 Å². The zero-order chi connectivity index (χ0) is 16.3. The summed E-state index contributed by atoms with van der Waals surface area (Å²) in [4.78, 5) is 0.333. The first-order valence-electron chi connectivity index (χ1n) is 7.39. The second-order valence-electron chi connectivity index (χ2n) is 7.02. The van der Waals surface area contributed by atoms with Gasteiger partial charge in [-0.2, -0.15) is 0 Å². The molecule has 0 saturated carbocycles. The van der Waals surface area contributed by atoms with E-state index in [1.165, 1.54) is 0 Å². The van der Waals surface area contributed by atoms with E-state index in [0.717, 1.165) is 12.1 Å². The lowest BCUT2D eigenvalue weighted by molar-refractivity contribution is 0.378. The van der Waals surface area contributed by atoms with E-state index in [0.29, 0.717) is 24.0 Å². The molecule has 21 heavy (non-hydrogen) atoms. The third kappa shape index (κ3) is 6.20. The lowest BCUT2D eigenvalue weighted by atomic mass is 9.93. The Balaban J connectivity index is 2.73. The van der Waals surface area contributed by atoms with E-state index in [9.17, 15) is 8.42 Å². The molecule has 0 fully saturated rings. The molecule has 0 bridgehead atoms. The quantitative estimate of drug-likeness (QED) is 0.811. The zero-order valence-corrected chi connectivity index (χ0v) is 14.8. The molecule has 1 aromatic heterocycles. The predicted molar refractivity (Wildman–Crippen MR) is 86.6 cm³/mol. The van der Waals surface area contributed by atoms with Crippen LogP contribution >= 0.6 is 0 Å². The summed E-state index contributed by atoms with van der Waals surface area (Å²) < 4.78 is 29.1. The van der Waals surface area contributed by atoms with Gasteiger partial charge in [0.2, 0.25) is 10.0 Å². The SMILES string of the molecule is CC(C)NCc1cc(S(=O)(=O)NCCC(C)(C)C)cn1C. The van der Waals surface area contributed by atoms with Crippen molar-refractivity contribution in [3.63, 3.8) is 0 Å². The number of aromatic nitrogens is 1. The third-order valence-corrected chi connectivity index (χ3v) is 4.68. The minimum absolute atomic E-state index is 0.117. The number of hydrogen-bond donors (Lipinski definition) is 2. The molecule has 0 atom stereocenters. The van der Waals surface area contributed by atoms with Gasteiger partial charge in [0.25, 0.3) is 0 Å². The molecule has 122 valence electrons. The van der Waals surface area contributed by atoms with Gasteiger partial charge in [-0.05, 0) is 17.9 Å². The minimum atomic E-state index is -3.42. The van der Waals surface area contributed by atoms with Gasteiger partial charge in [0.15, 0.2) is 0 Å². The molecule has 1 rings (SSSR count). The molecule has 0 aliphatic carbocycles. The first kappa shape index (κ1) is 18.2. The Morgan fingerprint density at radius 1 is 1.29 bits per heavy atom. The average molecular weight is 315 g/mol. The molecule has 2 N–H and O–H groups in total. The number of nitrogens with zero attached hydrogens (tertiary/aromatic N) is 1. The van der Waals surface area contributed by atoms with Crippen LogP contribution in [0.25, 0.3) is 0 Å². The van der Waals surface area contributed by atoms with Crippen molar-refractivity contribution in [2.24, 2.45) is 12.5 Å². The van der Waals surface area contributed by atoms with Crippen LogP contribution in [0.15, 0.2) is 17.2 Å². The summed E-state index contributed by atoms with van der Waals surface area (Å²) in [5, 5.41) is 3.29. The second-order valence-corrected chi connectivity index (χ2v) is 8.79. The number of hydrogen-bond acceptors (Lipinski definition) is 3. The van der Waals surface area contributed by atoms with Crippen molar-refractivity contribution in [3.8, 4) is 0 Å². The zero-order valence-electron chi connectivity index (χ0n) is 14.0. The van der Waals surface area contributed by atoms with Crippen LogP contribution in [0.3, 0.4) is 0 Å². The van der Waals surface area contributed by atoms with E-state index >= 15 is 0 Å². The van der Waals surface area contributed by atoms with Crippen molar-refractivity contribution in [3.05, 3.63) is 18.0 Å². The predicted octanol–water partition coefficient (Wildman–Crippen LogP) is 2.24. The van der Waals surface area contributed by atoms with Crippen LogP contribution < -0.4 is 10.0 Å². The van der Waals surface area contributed by atoms with E-state index in [1.807, 2.05) is 11.6 Å². The van der Waals surface area contributed by atoms with Crippen LogP contribution in [0.2, 0.25) is 0 Å². The maximum absolute atomic E-state index is 12.3. The molecule has 0 radical (unpaired) electrons. The molecule has 6 heteroatoms. The van der Waals surface area contributed by atoms with Crippen molar-refractivity contribution in [2.45, 2.75) is 58.5 Å². The maximum Gasteiger partial charge on any atom is 0.242 e. The molecule has 0 amide bonds. The van der Waals surface area contributed by atoms with Crippen LogP contribution in [-0.2, 0) is 23.6 Å². The van der Waals surface area contributed by atoms with Gasteiger partial charge in [-0.3, -0.25) is 0 Å². The van der Waals surface area contributed by atoms with E-state index in [4.69, 9.17) is 0 Å². The smallest absolute Gasteiger partial charge is 0.242 e. The van der Waals surface area contributed by atoms with Crippen LogP contribution in [-0.4, -0.2) is 25.6 Å². The minimum Gasteiger partial charge on any atom is -0.352 e. The van der Waals surface area contributed by atoms with E-state index < -0.39 is 10.0 Å². The Morgan fingerprint density at radius 2 is 1.90 bits per heavy atom. The van der Waals surface area contributed by atoms with Gasteiger partial charge in [-0.25, -0.2) is 13.1 Å². The first-order chi connectivity index (χ1) is 9.51. The Kier molecular flexibility index (Phi) is 6.01. The van der Waals surface area contributed by atoms with Gasteiger partial charge in [-0.1, -0.05) is 34.6 Å². The van der Waals surface area contributed by atoms with Crippen molar-refractivity contribution in [2.75, 3.05) is 6.54 Å². The Hall–Kier alpha value is -0.850. The summed E-state index contributed by atoms with van der Waals surface area (Å²) in [7, 11) is -1.55. The molecule has 5 nitrogen and oxygen atoms in total. The molecular weight excluding hydrogens is 286 g/mol. The molecule has 0 aliphatic heterocycles. The second kappa shape index (κ2) is 6.94. The molecular formula is C15H29N3O2S. The normalized spacial score (nSPS) is 13.1. The van der Waals surface area contributed by atoms with Gasteiger partial charge in [0.1, 0.15) is 0 Å². The third-order valence-electron chi connectivity index (χ3n) is 3.25. The van der Waals surface area contributed by atoms with E-state index in [1.54, 1.807) is 12.3 Å². The van der Waals surface area contributed by atoms with Gasteiger partial charge >= 0.3 is 0 Å². The lowest BCUT2D eigenvalue weighted by Crippen LogP contribution is -2.27. The Morgan fingerprint density at radius 3 is 2.43 bits per heavy atom. The highest BCUT2D eigenvalue weighted by atomic mass is 32.2. The molecule has 1 heterocycles. The van der Waals surface area contributed by atoms with Gasteiger partial charge in [0, 0.05) is 38.1 Å². The van der Waals surface area contributed by atoms with Crippen molar-refractivity contribution in [1.29, 1.82) is 0 Å². The Bertz CT molecular complexity index is 554. The average Bonchev–Trinajstić information content (AvgIpc) is 2.66. The summed E-state index contributed by atoms with van der Waals surface area (Å²) in [6.07, 6.45) is 2.47. The fourth-order valence-corrected chi connectivity index (χ4v) is 2.98. The monoisotopic (exact) mass is 315 g/mol. The van der Waals surface area contributed by atoms with Gasteiger partial charge in [-0.15, -0.1) is 0 Å². The highest BCUT2D eigenvalue weighted by molar-refractivity contribution is 7.89. The summed E-state index contributed by atoms with van der Waals surface area (Å²) in [5.74, 6) is 0. The van der Waals surface area contributed by atoms with Crippen LogP contribution in [0.1, 0.15) is 46.7 Å². The molecule has 0 saturated heterocycles. The van der Waals surface area contributed by atoms with Crippen molar-refractivity contribution < 1.29 is 8.42 Å². The summed E-state index contributed by atoms with van der Waals surface area (Å²) >= 11 is 0. The lowest BCUT2D eigenvalue weighted by Gasteiger charge is -2.17. The standard InChI is InChI=1S/C15H29N3O2S/c1-12(2)16-10-13-9-14(11-18(13)6)21(19,20)17-8-7-15(3,4)5/h9,11-12,16-17H,7-8,10H2,1-6H3. The molecule has 0 spiro atoms. The summed E-state index contributed by atoms with van der Waals surface area (Å²) in [6, 6.07) is 2.10. The molecule has 1 aromatic rings. The topological polar surface area (TPSA) is 63.1 Å². The number of aryl methyl sites for hydroxylation is 1. The fourth-order valence-electron chi connectivity index (χ4n) is 1.85. The van der Waals surface area contributed by atoms with Crippen LogP contribution in [0, 0.1) is 5.41 Å². The number of nitrogens with one attached hydrogen (secondary N) is 2.